The number of nitrogens with zero attached hydrogens (tertiary/aromatic N) is 3. The molecule has 0 fully saturated rings. The third kappa shape index (κ3) is 4.45. The minimum absolute atomic E-state index is 0.535. The summed E-state index contributed by atoms with van der Waals surface area (Å²) < 4.78 is 0. The van der Waals surface area contributed by atoms with Crippen molar-refractivity contribution in [2.24, 2.45) is 0 Å². The summed E-state index contributed by atoms with van der Waals surface area (Å²) in [4.78, 5) is 13.3. The maximum absolute atomic E-state index is 6.28. The average Bonchev–Trinajstić information content (AvgIpc) is 2.75. The number of pyridine rings is 1. The highest BCUT2D eigenvalue weighted by molar-refractivity contribution is 6.33. The van der Waals surface area contributed by atoms with Gasteiger partial charge in [0.15, 0.2) is 0 Å². The molecular weight excluding hydrogens is 370 g/mol. The van der Waals surface area contributed by atoms with Crippen molar-refractivity contribution < 1.29 is 0 Å². The Balaban J connectivity index is 1.65. The second kappa shape index (κ2) is 8.50. The number of rotatable bonds is 6. The molecule has 0 aliphatic rings. The Labute approximate surface area is 168 Å². The van der Waals surface area contributed by atoms with Crippen molar-refractivity contribution in [1.82, 2.24) is 15.0 Å². The van der Waals surface area contributed by atoms with Gasteiger partial charge in [0.05, 0.1) is 16.4 Å². The number of nitrogens with one attached hydrogen (secondary N) is 2. The third-order valence-corrected chi connectivity index (χ3v) is 4.46. The van der Waals surface area contributed by atoms with Gasteiger partial charge < -0.3 is 10.6 Å². The first-order valence-electron chi connectivity index (χ1n) is 8.87. The minimum Gasteiger partial charge on any atom is -0.350 e. The molecule has 0 aliphatic carbocycles. The highest BCUT2D eigenvalue weighted by Crippen LogP contribution is 2.27. The number of hydrogen-bond acceptors (Lipinski definition) is 5. The Morgan fingerprint density at radius 3 is 2.36 bits per heavy atom. The van der Waals surface area contributed by atoms with Crippen LogP contribution in [0.15, 0.2) is 85.2 Å². The predicted octanol–water partition coefficient (Wildman–Crippen LogP) is 5.55. The molecule has 0 bridgehead atoms. The van der Waals surface area contributed by atoms with Crippen LogP contribution in [0, 0.1) is 0 Å². The van der Waals surface area contributed by atoms with E-state index in [1.165, 1.54) is 0 Å². The zero-order valence-electron chi connectivity index (χ0n) is 15.0. The van der Waals surface area contributed by atoms with Crippen LogP contribution in [0.3, 0.4) is 0 Å². The standard InChI is InChI=1S/C22H18ClN5/c23-18-8-4-5-9-19(18)26-21-14-20(17-6-2-1-3-7-17)27-22(28-21)25-15-16-10-12-24-13-11-16/h1-14H,15H2,(H2,25,26,27,28). The molecule has 0 atom stereocenters. The molecule has 0 unspecified atom stereocenters. The number of anilines is 3. The quantitative estimate of drug-likeness (QED) is 0.454. The molecule has 4 rings (SSSR count). The first-order valence-corrected chi connectivity index (χ1v) is 9.24. The fraction of sp³-hybridized carbons (Fsp3) is 0.0455. The van der Waals surface area contributed by atoms with E-state index in [0.29, 0.717) is 23.3 Å². The second-order valence-corrected chi connectivity index (χ2v) is 6.55. The summed E-state index contributed by atoms with van der Waals surface area (Å²) >= 11 is 6.28. The summed E-state index contributed by atoms with van der Waals surface area (Å²) in [6, 6.07) is 23.4. The van der Waals surface area contributed by atoms with Crippen LogP contribution < -0.4 is 10.6 Å². The summed E-state index contributed by atoms with van der Waals surface area (Å²) in [5, 5.41) is 7.21. The van der Waals surface area contributed by atoms with Gasteiger partial charge in [-0.25, -0.2) is 4.98 Å². The van der Waals surface area contributed by atoms with E-state index in [-0.39, 0.29) is 0 Å². The Kier molecular flexibility index (Phi) is 5.45. The van der Waals surface area contributed by atoms with E-state index < -0.39 is 0 Å². The number of para-hydroxylation sites is 1. The monoisotopic (exact) mass is 387 g/mol. The van der Waals surface area contributed by atoms with Crippen molar-refractivity contribution in [1.29, 1.82) is 0 Å². The van der Waals surface area contributed by atoms with Crippen molar-refractivity contribution in [2.45, 2.75) is 6.54 Å². The lowest BCUT2D eigenvalue weighted by Gasteiger charge is -2.12. The van der Waals surface area contributed by atoms with E-state index in [2.05, 4.69) is 25.6 Å². The normalized spacial score (nSPS) is 10.5. The van der Waals surface area contributed by atoms with Gasteiger partial charge in [-0.2, -0.15) is 4.98 Å². The van der Waals surface area contributed by atoms with Crippen molar-refractivity contribution in [2.75, 3.05) is 10.6 Å². The number of aromatic nitrogens is 3. The fourth-order valence-electron chi connectivity index (χ4n) is 2.73. The Morgan fingerprint density at radius 1 is 0.821 bits per heavy atom. The van der Waals surface area contributed by atoms with Crippen molar-refractivity contribution in [3.05, 3.63) is 95.8 Å². The lowest BCUT2D eigenvalue weighted by Crippen LogP contribution is -2.06. The zero-order valence-corrected chi connectivity index (χ0v) is 15.8. The topological polar surface area (TPSA) is 62.7 Å². The van der Waals surface area contributed by atoms with Crippen LogP contribution in [0.4, 0.5) is 17.5 Å². The molecule has 138 valence electrons. The van der Waals surface area contributed by atoms with Crippen molar-refractivity contribution in [3.8, 4) is 11.3 Å². The molecule has 28 heavy (non-hydrogen) atoms. The number of hydrogen-bond donors (Lipinski definition) is 2. The first kappa shape index (κ1) is 17.9. The van der Waals surface area contributed by atoms with Gasteiger partial charge in [-0.15, -0.1) is 0 Å². The Bertz CT molecular complexity index is 1050. The van der Waals surface area contributed by atoms with Crippen molar-refractivity contribution >= 4 is 29.1 Å². The third-order valence-electron chi connectivity index (χ3n) is 4.13. The summed E-state index contributed by atoms with van der Waals surface area (Å²) in [6.07, 6.45) is 3.53. The molecule has 0 spiro atoms. The largest absolute Gasteiger partial charge is 0.350 e. The smallest absolute Gasteiger partial charge is 0.225 e. The Morgan fingerprint density at radius 2 is 1.57 bits per heavy atom. The summed E-state index contributed by atoms with van der Waals surface area (Å²) in [7, 11) is 0. The minimum atomic E-state index is 0.535. The van der Waals surface area contributed by atoms with Gasteiger partial charge in [0, 0.05) is 30.6 Å². The van der Waals surface area contributed by atoms with Gasteiger partial charge >= 0.3 is 0 Å². The van der Waals surface area contributed by atoms with Crippen LogP contribution in [0.25, 0.3) is 11.3 Å². The van der Waals surface area contributed by atoms with E-state index in [0.717, 1.165) is 22.5 Å². The SMILES string of the molecule is Clc1ccccc1Nc1cc(-c2ccccc2)nc(NCc2ccncc2)n1. The first-order chi connectivity index (χ1) is 13.8. The lowest BCUT2D eigenvalue weighted by atomic mass is 10.1. The maximum atomic E-state index is 6.28. The molecule has 0 saturated carbocycles. The molecular formula is C22H18ClN5. The molecule has 0 amide bonds. The van der Waals surface area contributed by atoms with E-state index in [1.54, 1.807) is 12.4 Å². The van der Waals surface area contributed by atoms with E-state index in [9.17, 15) is 0 Å². The summed E-state index contributed by atoms with van der Waals surface area (Å²) in [5.41, 5.74) is 3.73. The second-order valence-electron chi connectivity index (χ2n) is 6.14. The molecule has 2 heterocycles. The molecule has 2 aromatic heterocycles. The number of halogens is 1. The van der Waals surface area contributed by atoms with Crippen LogP contribution in [-0.4, -0.2) is 15.0 Å². The van der Waals surface area contributed by atoms with Gasteiger partial charge in [-0.1, -0.05) is 54.1 Å². The van der Waals surface area contributed by atoms with Crippen LogP contribution in [-0.2, 0) is 6.54 Å². The van der Waals surface area contributed by atoms with Gasteiger partial charge in [-0.05, 0) is 29.8 Å². The van der Waals surface area contributed by atoms with E-state index >= 15 is 0 Å². The molecule has 5 nitrogen and oxygen atoms in total. The van der Waals surface area contributed by atoms with E-state index in [1.807, 2.05) is 72.8 Å². The van der Waals surface area contributed by atoms with Gasteiger partial charge in [0.1, 0.15) is 5.82 Å². The van der Waals surface area contributed by atoms with Gasteiger partial charge in [0.2, 0.25) is 5.95 Å². The molecule has 0 saturated heterocycles. The van der Waals surface area contributed by atoms with Crippen LogP contribution in [0.2, 0.25) is 5.02 Å². The molecule has 4 aromatic rings. The summed E-state index contributed by atoms with van der Waals surface area (Å²) in [6.45, 7) is 0.603. The molecule has 0 radical (unpaired) electrons. The molecule has 2 N–H and O–H groups in total. The predicted molar refractivity (Wildman–Crippen MR) is 114 cm³/mol. The van der Waals surface area contributed by atoms with Crippen LogP contribution in [0.5, 0.6) is 0 Å². The van der Waals surface area contributed by atoms with Gasteiger partial charge in [-0.3, -0.25) is 4.98 Å². The van der Waals surface area contributed by atoms with Crippen LogP contribution in [0.1, 0.15) is 5.56 Å². The molecule has 0 aliphatic heterocycles. The lowest BCUT2D eigenvalue weighted by molar-refractivity contribution is 1.05. The fourth-order valence-corrected chi connectivity index (χ4v) is 2.91. The van der Waals surface area contributed by atoms with E-state index in [4.69, 9.17) is 11.6 Å². The van der Waals surface area contributed by atoms with Crippen molar-refractivity contribution in [3.63, 3.8) is 0 Å². The molecule has 2 aromatic carbocycles. The van der Waals surface area contributed by atoms with Gasteiger partial charge in [0.25, 0.3) is 0 Å². The molecule has 6 heteroatoms. The highest BCUT2D eigenvalue weighted by atomic mass is 35.5. The maximum Gasteiger partial charge on any atom is 0.225 e. The zero-order chi connectivity index (χ0) is 19.2. The number of benzene rings is 2. The van der Waals surface area contributed by atoms with Crippen LogP contribution >= 0.6 is 11.6 Å². The summed E-state index contributed by atoms with van der Waals surface area (Å²) in [5.74, 6) is 1.20. The Hall–Kier alpha value is -3.44. The highest BCUT2D eigenvalue weighted by Gasteiger charge is 2.08. The average molecular weight is 388 g/mol.